The Morgan fingerprint density at radius 2 is 1.25 bits per heavy atom. The van der Waals surface area contributed by atoms with Crippen LogP contribution in [0.2, 0.25) is 5.04 Å². The number of nitrogens with zero attached hydrogens (tertiary/aromatic N) is 3. The quantitative estimate of drug-likeness (QED) is 0.0433. The molecule has 0 aliphatic heterocycles. The summed E-state index contributed by atoms with van der Waals surface area (Å²) < 4.78 is 60.1. The summed E-state index contributed by atoms with van der Waals surface area (Å²) in [7, 11) is -6.56. The Balaban J connectivity index is 1.54. The number of carbonyl (C=O) groups excluding carboxylic acids is 2. The van der Waals surface area contributed by atoms with Crippen LogP contribution in [0.25, 0.3) is 0 Å². The minimum absolute atomic E-state index is 0.0324. The number of amides is 2. The maximum Gasteiger partial charge on any atom is 0.416 e. The fourth-order valence-electron chi connectivity index (χ4n) is 8.33. The first-order chi connectivity index (χ1) is 30.9. The van der Waals surface area contributed by atoms with Crippen molar-refractivity contribution in [3.8, 4) is 0 Å². The molecule has 0 radical (unpaired) electrons. The third-order valence-electron chi connectivity index (χ3n) is 11.7. The predicted molar refractivity (Wildman–Crippen MR) is 255 cm³/mol. The second kappa shape index (κ2) is 22.5. The standard InChI is InChI=1S/C50H61FN4O8SSi/c1-37(2)33-34-54(64(60,61)43-31-29-41(30-32-43)55(58)59)42(36-63-65(50(3,4)5,44-23-15-9-16-24-44)45-25-17-10-18-26-45)28-27-40(51)35-53(49(57)62-6)48(56)47(52)46(38-19-11-7-12-20-38)39-21-13-8-14-22-39/h7-26,29-32,37,40,42,46-47H,27-28,33-36,52H2,1-6H3/t40?,42-,47-/m0/s1. The predicted octanol–water partition coefficient (Wildman–Crippen LogP) is 8.45. The lowest BCUT2D eigenvalue weighted by atomic mass is 9.85. The molecule has 0 aromatic heterocycles. The minimum Gasteiger partial charge on any atom is -0.452 e. The number of non-ortho nitro benzene ring substituents is 1. The van der Waals surface area contributed by atoms with E-state index < -0.39 is 71.0 Å². The summed E-state index contributed by atoms with van der Waals surface area (Å²) in [6.07, 6.45) is -2.87. The van der Waals surface area contributed by atoms with E-state index >= 15 is 4.39 Å². The van der Waals surface area contributed by atoms with Crippen LogP contribution in [0.5, 0.6) is 0 Å². The summed E-state index contributed by atoms with van der Waals surface area (Å²) in [5.41, 5.74) is 7.88. The number of alkyl halides is 1. The van der Waals surface area contributed by atoms with E-state index in [4.69, 9.17) is 14.9 Å². The lowest BCUT2D eigenvalue weighted by Crippen LogP contribution is -2.67. The highest BCUT2D eigenvalue weighted by molar-refractivity contribution is 7.89. The van der Waals surface area contributed by atoms with Crippen molar-refractivity contribution in [2.24, 2.45) is 11.7 Å². The van der Waals surface area contributed by atoms with Crippen LogP contribution in [0.1, 0.15) is 70.9 Å². The molecule has 0 spiro atoms. The molecule has 2 N–H and O–H groups in total. The number of nitro groups is 1. The fourth-order valence-corrected chi connectivity index (χ4v) is 14.6. The average molecular weight is 925 g/mol. The molecular weight excluding hydrogens is 864 g/mol. The zero-order chi connectivity index (χ0) is 47.4. The van der Waals surface area contributed by atoms with E-state index in [0.717, 1.165) is 40.7 Å². The number of methoxy groups -OCH3 is 1. The Hall–Kier alpha value is -5.58. The molecule has 12 nitrogen and oxygen atoms in total. The van der Waals surface area contributed by atoms with Crippen molar-refractivity contribution in [2.75, 3.05) is 26.8 Å². The lowest BCUT2D eigenvalue weighted by Gasteiger charge is -2.44. The molecule has 0 saturated carbocycles. The van der Waals surface area contributed by atoms with E-state index in [0.29, 0.717) is 11.3 Å². The van der Waals surface area contributed by atoms with Gasteiger partial charge >= 0.3 is 6.09 Å². The number of hydrogen-bond donors (Lipinski definition) is 1. The number of carbonyl (C=O) groups is 2. The molecule has 65 heavy (non-hydrogen) atoms. The van der Waals surface area contributed by atoms with Gasteiger partial charge in [0, 0.05) is 30.6 Å². The first-order valence-corrected chi connectivity index (χ1v) is 25.2. The van der Waals surface area contributed by atoms with Crippen LogP contribution in [-0.4, -0.2) is 87.9 Å². The molecule has 5 rings (SSSR count). The van der Waals surface area contributed by atoms with Gasteiger partial charge in [0.05, 0.1) is 36.1 Å². The van der Waals surface area contributed by atoms with Gasteiger partial charge < -0.3 is 14.9 Å². The van der Waals surface area contributed by atoms with Gasteiger partial charge in [0.2, 0.25) is 15.9 Å². The molecule has 1 unspecified atom stereocenters. The van der Waals surface area contributed by atoms with Crippen LogP contribution in [0.3, 0.4) is 0 Å². The van der Waals surface area contributed by atoms with Crippen LogP contribution in [-0.2, 0) is 24.0 Å². The molecule has 0 heterocycles. The van der Waals surface area contributed by atoms with Gasteiger partial charge in [0.15, 0.2) is 0 Å². The number of hydrogen-bond acceptors (Lipinski definition) is 9. The van der Waals surface area contributed by atoms with E-state index in [1.807, 2.05) is 135 Å². The number of imide groups is 1. The molecule has 15 heteroatoms. The molecule has 0 saturated heterocycles. The van der Waals surface area contributed by atoms with Crippen molar-refractivity contribution in [1.82, 2.24) is 9.21 Å². The highest BCUT2D eigenvalue weighted by Gasteiger charge is 2.51. The van der Waals surface area contributed by atoms with Crippen molar-refractivity contribution in [3.63, 3.8) is 0 Å². The van der Waals surface area contributed by atoms with Crippen LogP contribution in [0.4, 0.5) is 14.9 Å². The van der Waals surface area contributed by atoms with E-state index in [-0.39, 0.29) is 42.5 Å². The van der Waals surface area contributed by atoms with Gasteiger partial charge in [-0.3, -0.25) is 14.9 Å². The topological polar surface area (TPSA) is 162 Å². The highest BCUT2D eigenvalue weighted by atomic mass is 32.2. The second-order valence-corrected chi connectivity index (χ2v) is 23.8. The zero-order valence-electron chi connectivity index (χ0n) is 38.0. The molecule has 0 aliphatic rings. The first kappa shape index (κ1) is 50.4. The smallest absolute Gasteiger partial charge is 0.416 e. The molecule has 5 aromatic rings. The van der Waals surface area contributed by atoms with Gasteiger partial charge in [-0.2, -0.15) is 4.31 Å². The van der Waals surface area contributed by atoms with Gasteiger partial charge in [-0.1, -0.05) is 156 Å². The van der Waals surface area contributed by atoms with Gasteiger partial charge in [-0.25, -0.2) is 22.5 Å². The number of halogens is 1. The van der Waals surface area contributed by atoms with Crippen molar-refractivity contribution in [3.05, 3.63) is 167 Å². The fraction of sp³-hybridized carbons (Fsp3) is 0.360. The molecule has 5 aromatic carbocycles. The van der Waals surface area contributed by atoms with Gasteiger partial charge in [-0.05, 0) is 63.9 Å². The van der Waals surface area contributed by atoms with Crippen LogP contribution in [0, 0.1) is 16.0 Å². The van der Waals surface area contributed by atoms with E-state index in [9.17, 15) is 28.1 Å². The number of sulfonamides is 1. The van der Waals surface area contributed by atoms with Gasteiger partial charge in [-0.15, -0.1) is 0 Å². The van der Waals surface area contributed by atoms with E-state index in [1.54, 1.807) is 0 Å². The van der Waals surface area contributed by atoms with Crippen molar-refractivity contribution < 1.29 is 36.5 Å². The van der Waals surface area contributed by atoms with Gasteiger partial charge in [0.1, 0.15) is 6.17 Å². The number of ether oxygens (including phenoxy) is 1. The third-order valence-corrected chi connectivity index (χ3v) is 18.7. The molecule has 346 valence electrons. The normalized spacial score (nSPS) is 13.6. The van der Waals surface area contributed by atoms with Crippen LogP contribution >= 0.6 is 0 Å². The largest absolute Gasteiger partial charge is 0.452 e. The second-order valence-electron chi connectivity index (χ2n) is 17.6. The first-order valence-electron chi connectivity index (χ1n) is 21.8. The van der Waals surface area contributed by atoms with Crippen molar-refractivity contribution in [1.29, 1.82) is 0 Å². The lowest BCUT2D eigenvalue weighted by molar-refractivity contribution is -0.384. The number of rotatable bonds is 21. The Morgan fingerprint density at radius 3 is 1.68 bits per heavy atom. The summed E-state index contributed by atoms with van der Waals surface area (Å²) in [6.45, 7) is 9.39. The van der Waals surface area contributed by atoms with Crippen LogP contribution in [0.15, 0.2) is 150 Å². The molecule has 3 atom stereocenters. The Morgan fingerprint density at radius 1 is 0.769 bits per heavy atom. The Kier molecular flexibility index (Phi) is 17.5. The summed E-state index contributed by atoms with van der Waals surface area (Å²) >= 11 is 0. The molecule has 0 bridgehead atoms. The van der Waals surface area contributed by atoms with Crippen molar-refractivity contribution in [2.45, 2.75) is 88.0 Å². The third kappa shape index (κ3) is 12.2. The number of nitro benzene ring substituents is 1. The molecule has 0 aliphatic carbocycles. The molecule has 0 fully saturated rings. The molecule has 2 amide bonds. The maximum absolute atomic E-state index is 16.8. The monoisotopic (exact) mass is 924 g/mol. The average Bonchev–Trinajstić information content (AvgIpc) is 3.30. The summed E-state index contributed by atoms with van der Waals surface area (Å²) in [6, 6.07) is 40.3. The summed E-state index contributed by atoms with van der Waals surface area (Å²) in [5, 5.41) is 13.0. The summed E-state index contributed by atoms with van der Waals surface area (Å²) in [5.74, 6) is -1.46. The van der Waals surface area contributed by atoms with E-state index in [2.05, 4.69) is 20.8 Å². The van der Waals surface area contributed by atoms with Gasteiger partial charge in [0.25, 0.3) is 14.0 Å². The minimum atomic E-state index is -4.38. The Labute approximate surface area is 383 Å². The highest BCUT2D eigenvalue weighted by Crippen LogP contribution is 2.38. The zero-order valence-corrected chi connectivity index (χ0v) is 39.8. The van der Waals surface area contributed by atoms with Crippen molar-refractivity contribution >= 4 is 46.4 Å². The van der Waals surface area contributed by atoms with Crippen LogP contribution < -0.4 is 16.1 Å². The molecular formula is C50H61FN4O8SSi. The van der Waals surface area contributed by atoms with E-state index in [1.165, 1.54) is 16.4 Å². The number of nitrogens with two attached hydrogens (primary N) is 1. The Bertz CT molecular complexity index is 2330. The maximum atomic E-state index is 16.8. The summed E-state index contributed by atoms with van der Waals surface area (Å²) in [4.78, 5) is 39.1. The SMILES string of the molecule is COC(=O)N(CC(F)CC[C@@H](CO[Si](c1ccccc1)(c1ccccc1)C(C)(C)C)N(CCC(C)C)S(=O)(=O)c1ccc([N+](=O)[O-])cc1)C(=O)[C@@H](N)C(c1ccccc1)c1ccccc1. The number of benzene rings is 5.